The van der Waals surface area contributed by atoms with Gasteiger partial charge in [-0.25, -0.2) is 4.99 Å². The Morgan fingerprint density at radius 2 is 2.22 bits per heavy atom. The number of furan rings is 1. The maximum Gasteiger partial charge on any atom is 0.243 e. The van der Waals surface area contributed by atoms with Crippen molar-refractivity contribution in [3.05, 3.63) is 24.2 Å². The lowest BCUT2D eigenvalue weighted by Gasteiger charge is -2.27. The highest BCUT2D eigenvalue weighted by molar-refractivity contribution is 5.84. The van der Waals surface area contributed by atoms with E-state index in [9.17, 15) is 4.79 Å². The Balaban J connectivity index is 1.87. The van der Waals surface area contributed by atoms with Crippen LogP contribution in [0, 0.1) is 5.92 Å². The van der Waals surface area contributed by atoms with E-state index in [0.29, 0.717) is 24.5 Å². The monoisotopic (exact) mass is 377 g/mol. The number of likely N-dealkylation sites (N-methyl/N-ethyl adjacent to an activating group) is 1. The second kappa shape index (κ2) is 11.0. The molecule has 1 fully saturated rings. The molecule has 2 N–H and O–H groups in total. The molecular formula is C20H35N5O2. The lowest BCUT2D eigenvalue weighted by atomic mass is 10.1. The highest BCUT2D eigenvalue weighted by Crippen LogP contribution is 2.17. The second-order valence-corrected chi connectivity index (χ2v) is 7.77. The van der Waals surface area contributed by atoms with Crippen LogP contribution in [0.1, 0.15) is 32.4 Å². The Kier molecular flexibility index (Phi) is 8.64. The zero-order valence-corrected chi connectivity index (χ0v) is 17.2. The van der Waals surface area contributed by atoms with Crippen molar-refractivity contribution in [1.29, 1.82) is 0 Å². The Morgan fingerprint density at radius 3 is 2.89 bits per heavy atom. The fourth-order valence-corrected chi connectivity index (χ4v) is 3.27. The van der Waals surface area contributed by atoms with Gasteiger partial charge in [-0.3, -0.25) is 9.69 Å². The van der Waals surface area contributed by atoms with E-state index in [0.717, 1.165) is 25.3 Å². The van der Waals surface area contributed by atoms with Crippen molar-refractivity contribution in [2.24, 2.45) is 10.9 Å². The van der Waals surface area contributed by atoms with E-state index in [1.807, 2.05) is 12.1 Å². The molecule has 1 aliphatic rings. The topological polar surface area (TPSA) is 73.1 Å². The minimum atomic E-state index is -0.00978. The number of hydrogen-bond donors (Lipinski definition) is 2. The number of hydrogen-bond acceptors (Lipinski definition) is 4. The number of carbonyl (C=O) groups excluding carboxylic acids is 1. The van der Waals surface area contributed by atoms with Crippen molar-refractivity contribution in [1.82, 2.24) is 20.4 Å². The maximum absolute atomic E-state index is 11.9. The number of amides is 1. The van der Waals surface area contributed by atoms with Gasteiger partial charge in [0.2, 0.25) is 5.91 Å². The third-order valence-electron chi connectivity index (χ3n) is 4.72. The van der Waals surface area contributed by atoms with E-state index in [1.165, 1.54) is 19.4 Å². The molecule has 1 aromatic rings. The first-order valence-corrected chi connectivity index (χ1v) is 9.94. The molecule has 0 bridgehead atoms. The summed E-state index contributed by atoms with van der Waals surface area (Å²) in [7, 11) is 3.50. The molecule has 1 atom stereocenters. The molecule has 0 unspecified atom stereocenters. The van der Waals surface area contributed by atoms with Gasteiger partial charge in [0.25, 0.3) is 0 Å². The summed E-state index contributed by atoms with van der Waals surface area (Å²) in [5, 5.41) is 6.76. The molecule has 0 aliphatic carbocycles. The third kappa shape index (κ3) is 7.62. The van der Waals surface area contributed by atoms with E-state index < -0.39 is 0 Å². The molecule has 152 valence electrons. The molecule has 7 heteroatoms. The summed E-state index contributed by atoms with van der Waals surface area (Å²) in [4.78, 5) is 20.5. The van der Waals surface area contributed by atoms with Crippen molar-refractivity contribution in [2.75, 3.05) is 46.8 Å². The van der Waals surface area contributed by atoms with Crippen LogP contribution in [-0.2, 0) is 11.2 Å². The van der Waals surface area contributed by atoms with Crippen LogP contribution >= 0.6 is 0 Å². The summed E-state index contributed by atoms with van der Waals surface area (Å²) in [6.45, 7) is 8.51. The van der Waals surface area contributed by atoms with E-state index in [4.69, 9.17) is 4.42 Å². The molecule has 1 saturated heterocycles. The van der Waals surface area contributed by atoms with E-state index in [-0.39, 0.29) is 12.5 Å². The van der Waals surface area contributed by atoms with Crippen LogP contribution in [0.3, 0.4) is 0 Å². The predicted octanol–water partition coefficient (Wildman–Crippen LogP) is 1.57. The second-order valence-electron chi connectivity index (χ2n) is 7.77. The van der Waals surface area contributed by atoms with Gasteiger partial charge < -0.3 is 20.0 Å². The normalized spacial score (nSPS) is 18.1. The van der Waals surface area contributed by atoms with Crippen LogP contribution < -0.4 is 10.6 Å². The standard InChI is InChI=1S/C20H35N5O2/c1-16(2)15-25-11-5-7-17(25)13-22-20(23-14-19(26)24(3)4)21-10-9-18-8-6-12-27-18/h6,8,12,16-17H,5,7,9-11,13-15H2,1-4H3,(H2,21,22,23)/t17-/m1/s1. The van der Waals surface area contributed by atoms with Gasteiger partial charge >= 0.3 is 0 Å². The summed E-state index contributed by atoms with van der Waals surface area (Å²) in [5.41, 5.74) is 0. The quantitative estimate of drug-likeness (QED) is 0.505. The van der Waals surface area contributed by atoms with Gasteiger partial charge in [-0.05, 0) is 37.4 Å². The lowest BCUT2D eigenvalue weighted by molar-refractivity contribution is -0.127. The van der Waals surface area contributed by atoms with Crippen LogP contribution in [0.2, 0.25) is 0 Å². The highest BCUT2D eigenvalue weighted by Gasteiger charge is 2.24. The molecule has 0 aromatic carbocycles. The largest absolute Gasteiger partial charge is 0.469 e. The maximum atomic E-state index is 11.9. The zero-order chi connectivity index (χ0) is 19.6. The SMILES string of the molecule is CC(C)CN1CCC[C@@H]1CNC(=NCC(=O)N(C)C)NCCc1ccco1. The highest BCUT2D eigenvalue weighted by atomic mass is 16.3. The fraction of sp³-hybridized carbons (Fsp3) is 0.700. The van der Waals surface area contributed by atoms with Crippen molar-refractivity contribution in [3.8, 4) is 0 Å². The molecule has 2 heterocycles. The summed E-state index contributed by atoms with van der Waals surface area (Å²) in [6, 6.07) is 4.37. The van der Waals surface area contributed by atoms with Crippen LogP contribution in [0.15, 0.2) is 27.8 Å². The third-order valence-corrected chi connectivity index (χ3v) is 4.72. The zero-order valence-electron chi connectivity index (χ0n) is 17.2. The molecule has 1 amide bonds. The average molecular weight is 378 g/mol. The van der Waals surface area contributed by atoms with Gasteiger partial charge in [0, 0.05) is 46.2 Å². The number of guanidine groups is 1. The first-order valence-electron chi connectivity index (χ1n) is 9.94. The number of nitrogens with zero attached hydrogens (tertiary/aromatic N) is 3. The molecular weight excluding hydrogens is 342 g/mol. The fourth-order valence-electron chi connectivity index (χ4n) is 3.27. The predicted molar refractivity (Wildman–Crippen MR) is 109 cm³/mol. The molecule has 1 aromatic heterocycles. The number of likely N-dealkylation sites (tertiary alicyclic amines) is 1. The lowest BCUT2D eigenvalue weighted by Crippen LogP contribution is -2.46. The summed E-state index contributed by atoms with van der Waals surface area (Å²) < 4.78 is 5.37. The van der Waals surface area contributed by atoms with Gasteiger partial charge in [0.05, 0.1) is 6.26 Å². The van der Waals surface area contributed by atoms with Crippen LogP contribution in [0.4, 0.5) is 0 Å². The van der Waals surface area contributed by atoms with Crippen molar-refractivity contribution in [2.45, 2.75) is 39.2 Å². The van der Waals surface area contributed by atoms with Crippen molar-refractivity contribution < 1.29 is 9.21 Å². The Hall–Kier alpha value is -2.02. The Bertz CT molecular complexity index is 583. The minimum absolute atomic E-state index is 0.00978. The molecule has 0 saturated carbocycles. The van der Waals surface area contributed by atoms with Crippen molar-refractivity contribution >= 4 is 11.9 Å². The molecule has 7 nitrogen and oxygen atoms in total. The Morgan fingerprint density at radius 1 is 1.41 bits per heavy atom. The first-order chi connectivity index (χ1) is 13.0. The number of carbonyl (C=O) groups is 1. The molecule has 2 rings (SSSR count). The number of nitrogens with one attached hydrogen (secondary N) is 2. The van der Waals surface area contributed by atoms with Gasteiger partial charge in [-0.15, -0.1) is 0 Å². The van der Waals surface area contributed by atoms with E-state index in [1.54, 1.807) is 25.3 Å². The van der Waals surface area contributed by atoms with E-state index >= 15 is 0 Å². The van der Waals surface area contributed by atoms with Gasteiger partial charge in [-0.1, -0.05) is 13.8 Å². The first kappa shape index (κ1) is 21.3. The molecule has 0 radical (unpaired) electrons. The smallest absolute Gasteiger partial charge is 0.243 e. The van der Waals surface area contributed by atoms with Gasteiger partial charge in [0.1, 0.15) is 12.3 Å². The summed E-state index contributed by atoms with van der Waals surface area (Å²) >= 11 is 0. The average Bonchev–Trinajstić information content (AvgIpc) is 3.28. The number of aliphatic imine (C=N–C) groups is 1. The van der Waals surface area contributed by atoms with Gasteiger partial charge in [0.15, 0.2) is 5.96 Å². The summed E-state index contributed by atoms with van der Waals surface area (Å²) in [6.07, 6.45) is 4.91. The molecule has 27 heavy (non-hydrogen) atoms. The number of rotatable bonds is 9. The van der Waals surface area contributed by atoms with Gasteiger partial charge in [-0.2, -0.15) is 0 Å². The van der Waals surface area contributed by atoms with Crippen molar-refractivity contribution in [3.63, 3.8) is 0 Å². The molecule has 1 aliphatic heterocycles. The van der Waals surface area contributed by atoms with E-state index in [2.05, 4.69) is 34.4 Å². The molecule has 0 spiro atoms. The van der Waals surface area contributed by atoms with Crippen LogP contribution in [0.5, 0.6) is 0 Å². The minimum Gasteiger partial charge on any atom is -0.469 e. The van der Waals surface area contributed by atoms with Crippen LogP contribution in [-0.4, -0.2) is 74.5 Å². The van der Waals surface area contributed by atoms with Crippen LogP contribution in [0.25, 0.3) is 0 Å². The summed E-state index contributed by atoms with van der Waals surface area (Å²) in [5.74, 6) is 2.28. The Labute approximate surface area is 163 Å².